The minimum absolute atomic E-state index is 0.0253. The molecule has 146 valence electrons. The van der Waals surface area contributed by atoms with Gasteiger partial charge >= 0.3 is 0 Å². The average Bonchev–Trinajstić information content (AvgIpc) is 2.74. The molecule has 0 bridgehead atoms. The van der Waals surface area contributed by atoms with Crippen LogP contribution in [0.3, 0.4) is 0 Å². The number of hydrogen-bond donors (Lipinski definition) is 1. The van der Waals surface area contributed by atoms with Gasteiger partial charge in [-0.3, -0.25) is 14.7 Å². The summed E-state index contributed by atoms with van der Waals surface area (Å²) in [6, 6.07) is 9.93. The average molecular weight is 379 g/mol. The zero-order chi connectivity index (χ0) is 19.5. The lowest BCUT2D eigenvalue weighted by Gasteiger charge is -2.32. The van der Waals surface area contributed by atoms with Crippen LogP contribution in [0.5, 0.6) is 11.5 Å². The number of methoxy groups -OCH3 is 2. The lowest BCUT2D eigenvalue weighted by molar-refractivity contribution is 0.203. The Balaban J connectivity index is 1.43. The first-order valence-corrected chi connectivity index (χ1v) is 9.58. The lowest BCUT2D eigenvalue weighted by atomic mass is 9.92. The van der Waals surface area contributed by atoms with E-state index < -0.39 is 0 Å². The summed E-state index contributed by atoms with van der Waals surface area (Å²) in [5, 5.41) is 1.61. The molecule has 6 heteroatoms. The molecule has 1 aliphatic heterocycles. The van der Waals surface area contributed by atoms with Gasteiger partial charge in [0, 0.05) is 35.9 Å². The summed E-state index contributed by atoms with van der Waals surface area (Å²) in [5.74, 6) is 1.89. The lowest BCUT2D eigenvalue weighted by Crippen LogP contribution is -2.33. The second kappa shape index (κ2) is 8.02. The number of piperidine rings is 1. The van der Waals surface area contributed by atoms with Crippen molar-refractivity contribution >= 4 is 10.8 Å². The zero-order valence-corrected chi connectivity index (χ0v) is 16.3. The van der Waals surface area contributed by atoms with Crippen molar-refractivity contribution in [3.8, 4) is 11.5 Å². The molecule has 0 spiro atoms. The van der Waals surface area contributed by atoms with Crippen LogP contribution in [0.2, 0.25) is 0 Å². The Labute approximate surface area is 164 Å². The van der Waals surface area contributed by atoms with Crippen LogP contribution in [0, 0.1) is 0 Å². The Hall–Kier alpha value is -2.86. The maximum Gasteiger partial charge on any atom is 0.256 e. The second-order valence-electron chi connectivity index (χ2n) is 7.26. The highest BCUT2D eigenvalue weighted by molar-refractivity contribution is 5.80. The normalized spacial score (nSPS) is 15.6. The van der Waals surface area contributed by atoms with Gasteiger partial charge in [-0.1, -0.05) is 6.07 Å². The van der Waals surface area contributed by atoms with E-state index in [0.29, 0.717) is 11.3 Å². The van der Waals surface area contributed by atoms with Crippen molar-refractivity contribution in [3.05, 3.63) is 64.3 Å². The van der Waals surface area contributed by atoms with Crippen molar-refractivity contribution in [1.82, 2.24) is 14.9 Å². The van der Waals surface area contributed by atoms with Crippen LogP contribution < -0.4 is 15.0 Å². The van der Waals surface area contributed by atoms with Crippen molar-refractivity contribution in [2.75, 3.05) is 27.3 Å². The molecular weight excluding hydrogens is 354 g/mol. The van der Waals surface area contributed by atoms with Crippen LogP contribution in [-0.2, 0) is 6.54 Å². The molecule has 1 aliphatic rings. The fraction of sp³-hybridized carbons (Fsp3) is 0.364. The molecule has 0 aliphatic carbocycles. The standard InChI is InChI=1S/C22H25N3O3/c1-27-20-4-3-15(11-21(20)28-2)14-25-9-6-16(7-10-25)19-12-17-13-23-8-5-18(17)22(26)24-19/h3-5,8,11-13,16H,6-7,9-10,14H2,1-2H3,(H,24,26). The summed E-state index contributed by atoms with van der Waals surface area (Å²) in [6.07, 6.45) is 5.47. The molecule has 4 rings (SSSR count). The highest BCUT2D eigenvalue weighted by Gasteiger charge is 2.22. The van der Waals surface area contributed by atoms with Gasteiger partial charge in [0.05, 0.1) is 19.6 Å². The van der Waals surface area contributed by atoms with E-state index in [1.165, 1.54) is 5.56 Å². The molecule has 28 heavy (non-hydrogen) atoms. The van der Waals surface area contributed by atoms with Gasteiger partial charge in [0.15, 0.2) is 11.5 Å². The largest absolute Gasteiger partial charge is 0.493 e. The maximum absolute atomic E-state index is 12.3. The number of pyridine rings is 2. The topological polar surface area (TPSA) is 67.5 Å². The molecule has 1 N–H and O–H groups in total. The fourth-order valence-electron chi connectivity index (χ4n) is 3.99. The van der Waals surface area contributed by atoms with E-state index in [2.05, 4.69) is 27.0 Å². The number of H-pyrrole nitrogens is 1. The molecule has 0 atom stereocenters. The van der Waals surface area contributed by atoms with Crippen LogP contribution >= 0.6 is 0 Å². The number of benzene rings is 1. The van der Waals surface area contributed by atoms with E-state index >= 15 is 0 Å². The molecule has 0 amide bonds. The Morgan fingerprint density at radius 2 is 1.89 bits per heavy atom. The molecule has 1 aromatic carbocycles. The highest BCUT2D eigenvalue weighted by Crippen LogP contribution is 2.31. The number of hydrogen-bond acceptors (Lipinski definition) is 5. The van der Waals surface area contributed by atoms with Crippen molar-refractivity contribution in [2.24, 2.45) is 0 Å². The second-order valence-corrected chi connectivity index (χ2v) is 7.26. The number of nitrogens with zero attached hydrogens (tertiary/aromatic N) is 2. The Morgan fingerprint density at radius 1 is 1.11 bits per heavy atom. The summed E-state index contributed by atoms with van der Waals surface area (Å²) in [5.41, 5.74) is 2.21. The third-order valence-electron chi connectivity index (χ3n) is 5.55. The molecule has 0 saturated carbocycles. The summed E-state index contributed by atoms with van der Waals surface area (Å²) < 4.78 is 10.7. The SMILES string of the molecule is COc1ccc(CN2CCC(c3cc4cnccc4c(=O)[nH]3)CC2)cc1OC. The van der Waals surface area contributed by atoms with Gasteiger partial charge < -0.3 is 14.5 Å². The summed E-state index contributed by atoms with van der Waals surface area (Å²) in [7, 11) is 3.31. The third kappa shape index (κ3) is 3.73. The van der Waals surface area contributed by atoms with Crippen molar-refractivity contribution in [2.45, 2.75) is 25.3 Å². The number of rotatable bonds is 5. The molecule has 2 aromatic heterocycles. The van der Waals surface area contributed by atoms with Crippen LogP contribution in [0.15, 0.2) is 47.5 Å². The first kappa shape index (κ1) is 18.5. The van der Waals surface area contributed by atoms with Crippen LogP contribution in [0.25, 0.3) is 10.8 Å². The van der Waals surface area contributed by atoms with Crippen molar-refractivity contribution in [1.29, 1.82) is 0 Å². The molecule has 1 saturated heterocycles. The summed E-state index contributed by atoms with van der Waals surface area (Å²) in [4.78, 5) is 22.0. The van der Waals surface area contributed by atoms with Gasteiger partial charge in [-0.05, 0) is 55.8 Å². The molecule has 0 radical (unpaired) electrons. The first-order chi connectivity index (χ1) is 13.7. The van der Waals surface area contributed by atoms with E-state index in [1.807, 2.05) is 12.1 Å². The van der Waals surface area contributed by atoms with Gasteiger partial charge in [0.25, 0.3) is 5.56 Å². The van der Waals surface area contributed by atoms with Crippen LogP contribution in [-0.4, -0.2) is 42.2 Å². The van der Waals surface area contributed by atoms with Crippen molar-refractivity contribution in [3.63, 3.8) is 0 Å². The number of ether oxygens (including phenoxy) is 2. The van der Waals surface area contributed by atoms with Crippen LogP contribution in [0.4, 0.5) is 0 Å². The molecule has 6 nitrogen and oxygen atoms in total. The van der Waals surface area contributed by atoms with E-state index in [1.54, 1.807) is 32.7 Å². The Kier molecular flexibility index (Phi) is 5.30. The Morgan fingerprint density at radius 3 is 2.64 bits per heavy atom. The summed E-state index contributed by atoms with van der Waals surface area (Å²) in [6.45, 7) is 2.86. The van der Waals surface area contributed by atoms with Crippen LogP contribution in [0.1, 0.15) is 30.0 Å². The van der Waals surface area contributed by atoms with E-state index in [4.69, 9.17) is 9.47 Å². The molecule has 3 heterocycles. The predicted molar refractivity (Wildman–Crippen MR) is 109 cm³/mol. The van der Waals surface area contributed by atoms with Crippen molar-refractivity contribution < 1.29 is 9.47 Å². The number of nitrogens with one attached hydrogen (secondary N) is 1. The van der Waals surface area contributed by atoms with E-state index in [0.717, 1.165) is 55.1 Å². The predicted octanol–water partition coefficient (Wildman–Crippen LogP) is 3.32. The van der Waals surface area contributed by atoms with Gasteiger partial charge in [-0.2, -0.15) is 0 Å². The number of likely N-dealkylation sites (tertiary alicyclic amines) is 1. The Bertz CT molecular complexity index is 1020. The summed E-state index contributed by atoms with van der Waals surface area (Å²) >= 11 is 0. The van der Waals surface area contributed by atoms with Gasteiger partial charge in [0.1, 0.15) is 0 Å². The quantitative estimate of drug-likeness (QED) is 0.737. The van der Waals surface area contributed by atoms with Gasteiger partial charge in [0.2, 0.25) is 0 Å². The van der Waals surface area contributed by atoms with Gasteiger partial charge in [-0.15, -0.1) is 0 Å². The van der Waals surface area contributed by atoms with E-state index in [-0.39, 0.29) is 5.56 Å². The minimum atomic E-state index is -0.0253. The maximum atomic E-state index is 12.3. The number of aromatic nitrogens is 2. The number of fused-ring (bicyclic) bond motifs is 1. The monoisotopic (exact) mass is 379 g/mol. The molecule has 0 unspecified atom stereocenters. The molecular formula is C22H25N3O3. The zero-order valence-electron chi connectivity index (χ0n) is 16.3. The third-order valence-corrected chi connectivity index (χ3v) is 5.55. The number of aromatic amines is 1. The highest BCUT2D eigenvalue weighted by atomic mass is 16.5. The minimum Gasteiger partial charge on any atom is -0.493 e. The molecule has 3 aromatic rings. The van der Waals surface area contributed by atoms with E-state index in [9.17, 15) is 4.79 Å². The first-order valence-electron chi connectivity index (χ1n) is 9.58. The van der Waals surface area contributed by atoms with Gasteiger partial charge in [-0.25, -0.2) is 0 Å². The smallest absolute Gasteiger partial charge is 0.256 e. The molecule has 1 fully saturated rings. The fourth-order valence-corrected chi connectivity index (χ4v) is 3.99.